The summed E-state index contributed by atoms with van der Waals surface area (Å²) in [5, 5.41) is 9.29. The number of aromatic carboxylic acids is 1. The van der Waals surface area contributed by atoms with Crippen LogP contribution in [0.15, 0.2) is 66.7 Å². The van der Waals surface area contributed by atoms with Crippen molar-refractivity contribution in [3.05, 3.63) is 106 Å². The average Bonchev–Trinajstić information content (AvgIpc) is 2.82. The van der Waals surface area contributed by atoms with Crippen molar-refractivity contribution in [2.75, 3.05) is 0 Å². The van der Waals surface area contributed by atoms with E-state index in [2.05, 4.69) is 39.8 Å². The van der Waals surface area contributed by atoms with Crippen LogP contribution < -0.4 is 0 Å². The van der Waals surface area contributed by atoms with E-state index in [1.807, 2.05) is 6.07 Å². The molecule has 4 rings (SSSR count). The maximum atomic E-state index is 12.9. The number of carboxylic acids is 1. The molecule has 0 saturated heterocycles. The van der Waals surface area contributed by atoms with Crippen LogP contribution in [0.2, 0.25) is 0 Å². The molecule has 0 fully saturated rings. The average molecular weight is 497 g/mol. The number of fused-ring (bicyclic) bond motifs is 1. The van der Waals surface area contributed by atoms with E-state index in [1.54, 1.807) is 12.1 Å². The lowest BCUT2D eigenvalue weighted by Gasteiger charge is -2.42. The third-order valence-electron chi connectivity index (χ3n) is 7.34. The van der Waals surface area contributed by atoms with Gasteiger partial charge in [-0.2, -0.15) is 13.2 Å². The Kier molecular flexibility index (Phi) is 6.78. The molecule has 0 heterocycles. The highest BCUT2D eigenvalue weighted by Crippen LogP contribution is 2.47. The smallest absolute Gasteiger partial charge is 0.416 e. The van der Waals surface area contributed by atoms with Crippen LogP contribution in [0.5, 0.6) is 0 Å². The number of carbonyl (C=O) groups is 1. The minimum atomic E-state index is -4.39. The number of hydrogen-bond donors (Lipinski definition) is 1. The van der Waals surface area contributed by atoms with Crippen molar-refractivity contribution in [1.82, 2.24) is 0 Å². The normalized spacial score (nSPS) is 17.3. The maximum absolute atomic E-state index is 12.9. The molecule has 3 nitrogen and oxygen atoms in total. The summed E-state index contributed by atoms with van der Waals surface area (Å²) in [6, 6.07) is 17.9. The van der Waals surface area contributed by atoms with Gasteiger partial charge in [-0.05, 0) is 75.8 Å². The van der Waals surface area contributed by atoms with Gasteiger partial charge < -0.3 is 9.84 Å². The summed E-state index contributed by atoms with van der Waals surface area (Å²) < 4.78 is 45.2. The number of rotatable bonds is 6. The second-order valence-corrected chi connectivity index (χ2v) is 10.9. The Labute approximate surface area is 209 Å². The van der Waals surface area contributed by atoms with Crippen LogP contribution in [0.1, 0.15) is 90.4 Å². The molecule has 0 spiro atoms. The van der Waals surface area contributed by atoms with Gasteiger partial charge in [0, 0.05) is 0 Å². The van der Waals surface area contributed by atoms with Crippen LogP contribution >= 0.6 is 0 Å². The topological polar surface area (TPSA) is 46.5 Å². The summed E-state index contributed by atoms with van der Waals surface area (Å²) in [5.41, 5.74) is 4.42. The number of hydrogen-bond acceptors (Lipinski definition) is 2. The molecular weight excluding hydrogens is 465 g/mol. The number of ether oxygens (including phenoxy) is 1. The lowest BCUT2D eigenvalue weighted by molar-refractivity contribution is -0.137. The largest absolute Gasteiger partial charge is 0.478 e. The van der Waals surface area contributed by atoms with Crippen molar-refractivity contribution in [2.24, 2.45) is 0 Å². The summed E-state index contributed by atoms with van der Waals surface area (Å²) in [4.78, 5) is 11.3. The third kappa shape index (κ3) is 5.34. The molecule has 190 valence electrons. The molecule has 0 saturated carbocycles. The first-order chi connectivity index (χ1) is 16.8. The van der Waals surface area contributed by atoms with Crippen molar-refractivity contribution in [3.8, 4) is 0 Å². The maximum Gasteiger partial charge on any atom is 0.416 e. The highest BCUT2D eigenvalue weighted by Gasteiger charge is 2.37. The van der Waals surface area contributed by atoms with Gasteiger partial charge in [0.15, 0.2) is 0 Å². The SMILES string of the molecule is CC1(C)CCC(C)(C)c2cc(C(OCc3ccc(C(F)(F)F)cc3)c3ccc(C(=O)O)cc3)ccc21. The molecule has 0 aromatic heterocycles. The minimum Gasteiger partial charge on any atom is -0.478 e. The number of benzene rings is 3. The van der Waals surface area contributed by atoms with Crippen LogP contribution in [-0.4, -0.2) is 11.1 Å². The fraction of sp³-hybridized carbons (Fsp3) is 0.367. The number of halogens is 3. The predicted octanol–water partition coefficient (Wildman–Crippen LogP) is 8.06. The van der Waals surface area contributed by atoms with Gasteiger partial charge >= 0.3 is 12.1 Å². The molecule has 1 aliphatic rings. The van der Waals surface area contributed by atoms with E-state index in [9.17, 15) is 23.1 Å². The van der Waals surface area contributed by atoms with Gasteiger partial charge in [0.1, 0.15) is 6.10 Å². The standard InChI is InChI=1S/C30H31F3O3/c1-28(2)15-16-29(3,4)25-17-22(11-14-24(25)28)26(20-7-9-21(10-8-20)27(34)35)36-18-19-5-12-23(13-6-19)30(31,32)33/h5-14,17,26H,15-16,18H2,1-4H3,(H,34,35). The molecule has 1 unspecified atom stereocenters. The zero-order valence-corrected chi connectivity index (χ0v) is 20.9. The second kappa shape index (κ2) is 9.40. The van der Waals surface area contributed by atoms with Crippen molar-refractivity contribution >= 4 is 5.97 Å². The first kappa shape index (κ1) is 26.0. The fourth-order valence-corrected chi connectivity index (χ4v) is 4.92. The monoisotopic (exact) mass is 496 g/mol. The van der Waals surface area contributed by atoms with Gasteiger partial charge in [-0.1, -0.05) is 70.2 Å². The van der Waals surface area contributed by atoms with E-state index in [0.29, 0.717) is 5.56 Å². The number of alkyl halides is 3. The molecule has 0 aliphatic heterocycles. The Morgan fingerprint density at radius 1 is 0.861 bits per heavy atom. The second-order valence-electron chi connectivity index (χ2n) is 10.9. The Morgan fingerprint density at radius 3 is 1.97 bits per heavy atom. The first-order valence-electron chi connectivity index (χ1n) is 12.0. The fourth-order valence-electron chi connectivity index (χ4n) is 4.92. The van der Waals surface area contributed by atoms with Crippen LogP contribution in [0.4, 0.5) is 13.2 Å². The van der Waals surface area contributed by atoms with Gasteiger partial charge in [-0.15, -0.1) is 0 Å². The van der Waals surface area contributed by atoms with Gasteiger partial charge in [-0.3, -0.25) is 0 Å². The molecule has 0 amide bonds. The van der Waals surface area contributed by atoms with E-state index in [0.717, 1.165) is 36.1 Å². The Balaban J connectivity index is 1.70. The van der Waals surface area contributed by atoms with E-state index >= 15 is 0 Å². The molecule has 36 heavy (non-hydrogen) atoms. The van der Waals surface area contributed by atoms with Crippen LogP contribution in [0.25, 0.3) is 0 Å². The third-order valence-corrected chi connectivity index (χ3v) is 7.34. The van der Waals surface area contributed by atoms with Gasteiger partial charge in [-0.25, -0.2) is 4.79 Å². The highest BCUT2D eigenvalue weighted by molar-refractivity contribution is 5.87. The van der Waals surface area contributed by atoms with Gasteiger partial charge in [0.25, 0.3) is 0 Å². The summed E-state index contributed by atoms with van der Waals surface area (Å²) in [5.74, 6) is -1.01. The highest BCUT2D eigenvalue weighted by atomic mass is 19.4. The Bertz CT molecular complexity index is 1240. The van der Waals surface area contributed by atoms with E-state index in [4.69, 9.17) is 4.74 Å². The molecule has 3 aromatic rings. The number of carboxylic acid groups (broad SMARTS) is 1. The van der Waals surface area contributed by atoms with Gasteiger partial charge in [0.05, 0.1) is 17.7 Å². The molecule has 1 N–H and O–H groups in total. The molecule has 6 heteroatoms. The minimum absolute atomic E-state index is 0.00793. The molecule has 1 atom stereocenters. The molecule has 0 bridgehead atoms. The zero-order chi connectivity index (χ0) is 26.3. The summed E-state index contributed by atoms with van der Waals surface area (Å²) in [6.07, 6.45) is -2.75. The van der Waals surface area contributed by atoms with E-state index < -0.39 is 23.8 Å². The van der Waals surface area contributed by atoms with Crippen molar-refractivity contribution in [1.29, 1.82) is 0 Å². The summed E-state index contributed by atoms with van der Waals surface area (Å²) in [6.45, 7) is 9.10. The Morgan fingerprint density at radius 2 is 1.42 bits per heavy atom. The molecular formula is C30H31F3O3. The predicted molar refractivity (Wildman–Crippen MR) is 133 cm³/mol. The van der Waals surface area contributed by atoms with Crippen LogP contribution in [0, 0.1) is 0 Å². The van der Waals surface area contributed by atoms with Crippen LogP contribution in [0.3, 0.4) is 0 Å². The summed E-state index contributed by atoms with van der Waals surface area (Å²) >= 11 is 0. The van der Waals surface area contributed by atoms with Crippen molar-refractivity contribution < 1.29 is 27.8 Å². The summed E-state index contributed by atoms with van der Waals surface area (Å²) in [7, 11) is 0. The van der Waals surface area contributed by atoms with Crippen molar-refractivity contribution in [2.45, 2.75) is 70.3 Å². The van der Waals surface area contributed by atoms with E-state index in [1.165, 1.54) is 35.4 Å². The lowest BCUT2D eigenvalue weighted by Crippen LogP contribution is -2.34. The quantitative estimate of drug-likeness (QED) is 0.375. The molecule has 1 aliphatic carbocycles. The molecule has 0 radical (unpaired) electrons. The van der Waals surface area contributed by atoms with Crippen molar-refractivity contribution in [3.63, 3.8) is 0 Å². The lowest BCUT2D eigenvalue weighted by atomic mass is 9.63. The van der Waals surface area contributed by atoms with E-state index in [-0.39, 0.29) is 23.0 Å². The zero-order valence-electron chi connectivity index (χ0n) is 20.9. The molecule has 3 aromatic carbocycles. The van der Waals surface area contributed by atoms with Crippen LogP contribution in [-0.2, 0) is 28.4 Å². The Hall–Kier alpha value is -3.12. The first-order valence-corrected chi connectivity index (χ1v) is 12.0. The van der Waals surface area contributed by atoms with Gasteiger partial charge in [0.2, 0.25) is 0 Å².